The van der Waals surface area contributed by atoms with Crippen molar-refractivity contribution < 1.29 is 19.8 Å². The van der Waals surface area contributed by atoms with Crippen LogP contribution in [-0.4, -0.2) is 35.2 Å². The van der Waals surface area contributed by atoms with E-state index in [2.05, 4.69) is 10.5 Å². The maximum atomic E-state index is 12.6. The zero-order valence-electron chi connectivity index (χ0n) is 14.3. The summed E-state index contributed by atoms with van der Waals surface area (Å²) in [5, 5.41) is 20.1. The van der Waals surface area contributed by atoms with Crippen LogP contribution in [0.15, 0.2) is 53.5 Å². The number of nitrogens with one attached hydrogen (secondary N) is 1. The van der Waals surface area contributed by atoms with Crippen LogP contribution in [-0.2, 0) is 9.63 Å². The number of halogens is 1. The van der Waals surface area contributed by atoms with Gasteiger partial charge in [0.15, 0.2) is 6.17 Å². The van der Waals surface area contributed by atoms with E-state index in [9.17, 15) is 15.0 Å². The number of rotatable bonds is 4. The fourth-order valence-electron chi connectivity index (χ4n) is 3.33. The van der Waals surface area contributed by atoms with Gasteiger partial charge in [0, 0.05) is 23.7 Å². The molecule has 0 bridgehead atoms. The maximum absolute atomic E-state index is 12.6. The van der Waals surface area contributed by atoms with Crippen molar-refractivity contribution in [3.63, 3.8) is 0 Å². The van der Waals surface area contributed by atoms with Gasteiger partial charge in [0.05, 0.1) is 12.0 Å². The molecule has 0 aromatic heterocycles. The molecule has 1 fully saturated rings. The fraction of sp³-hybridized carbons (Fsp3) is 0.263. The number of carbonyl (C=O) groups excluding carboxylic acids is 1. The molecule has 2 aliphatic heterocycles. The quantitative estimate of drug-likeness (QED) is 0.748. The highest BCUT2D eigenvalue weighted by Crippen LogP contribution is 2.38. The van der Waals surface area contributed by atoms with Gasteiger partial charge in [-0.05, 0) is 42.0 Å². The Morgan fingerprint density at radius 3 is 2.59 bits per heavy atom. The number of hydrogen-bond donors (Lipinski definition) is 3. The molecule has 1 amide bonds. The molecule has 4 rings (SSSR count). The van der Waals surface area contributed by atoms with Gasteiger partial charge in [-0.3, -0.25) is 4.79 Å². The molecule has 7 nitrogen and oxygen atoms in total. The summed E-state index contributed by atoms with van der Waals surface area (Å²) in [7, 11) is 0. The second-order valence-electron chi connectivity index (χ2n) is 6.72. The standard InChI is InChI=1S/C19H18ClN3O4/c20-13-3-5-14(6-4-13)23-10-19(11-24,9-16(23)26)18-21-17(22-27-18)12-1-7-15(25)8-2-12/h1-8,17,22,24-25H,9-11H2. The molecule has 2 aromatic carbocycles. The largest absolute Gasteiger partial charge is 0.508 e. The molecule has 2 aromatic rings. The summed E-state index contributed by atoms with van der Waals surface area (Å²) < 4.78 is 0. The van der Waals surface area contributed by atoms with E-state index in [0.717, 1.165) is 5.56 Å². The number of aliphatic imine (C=N–C) groups is 1. The summed E-state index contributed by atoms with van der Waals surface area (Å²) in [4.78, 5) is 24.3. The molecular formula is C19H18ClN3O4. The minimum Gasteiger partial charge on any atom is -0.508 e. The minimum absolute atomic E-state index is 0.0922. The van der Waals surface area contributed by atoms with E-state index in [0.29, 0.717) is 16.6 Å². The number of aromatic hydroxyl groups is 1. The minimum atomic E-state index is -0.921. The van der Waals surface area contributed by atoms with Crippen LogP contribution in [0.3, 0.4) is 0 Å². The Labute approximate surface area is 160 Å². The van der Waals surface area contributed by atoms with E-state index >= 15 is 0 Å². The van der Waals surface area contributed by atoms with Crippen LogP contribution in [0.2, 0.25) is 5.02 Å². The third kappa shape index (κ3) is 3.25. The predicted octanol–water partition coefficient (Wildman–Crippen LogP) is 2.39. The number of nitrogens with zero attached hydrogens (tertiary/aromatic N) is 2. The van der Waals surface area contributed by atoms with Crippen molar-refractivity contribution in [1.82, 2.24) is 5.48 Å². The summed E-state index contributed by atoms with van der Waals surface area (Å²) >= 11 is 5.92. The molecular weight excluding hydrogens is 370 g/mol. The lowest BCUT2D eigenvalue weighted by Crippen LogP contribution is -2.39. The fourth-order valence-corrected chi connectivity index (χ4v) is 3.46. The summed E-state index contributed by atoms with van der Waals surface area (Å²) in [5.41, 5.74) is 3.40. The summed E-state index contributed by atoms with van der Waals surface area (Å²) in [6.45, 7) is -0.0155. The van der Waals surface area contributed by atoms with Gasteiger partial charge in [-0.15, -0.1) is 5.48 Å². The molecule has 140 valence electrons. The van der Waals surface area contributed by atoms with Crippen molar-refractivity contribution >= 4 is 29.1 Å². The van der Waals surface area contributed by atoms with Gasteiger partial charge in [0.2, 0.25) is 11.8 Å². The van der Waals surface area contributed by atoms with E-state index in [1.165, 1.54) is 0 Å². The predicted molar refractivity (Wildman–Crippen MR) is 100 cm³/mol. The van der Waals surface area contributed by atoms with Crippen LogP contribution in [0.1, 0.15) is 18.2 Å². The third-order valence-corrected chi connectivity index (χ3v) is 5.12. The number of aliphatic hydroxyl groups excluding tert-OH is 1. The SMILES string of the molecule is O=C1CC(CO)(C2=NC(c3ccc(O)cc3)NO2)CN1c1ccc(Cl)cc1. The molecule has 0 aliphatic carbocycles. The number of hydroxylamine groups is 1. The third-order valence-electron chi connectivity index (χ3n) is 4.87. The Balaban J connectivity index is 1.59. The Morgan fingerprint density at radius 1 is 1.22 bits per heavy atom. The van der Waals surface area contributed by atoms with Gasteiger partial charge >= 0.3 is 0 Å². The van der Waals surface area contributed by atoms with Crippen LogP contribution < -0.4 is 10.4 Å². The molecule has 2 atom stereocenters. The van der Waals surface area contributed by atoms with Gasteiger partial charge < -0.3 is 20.0 Å². The maximum Gasteiger partial charge on any atom is 0.228 e. The number of phenolic OH excluding ortho intramolecular Hbond substituents is 1. The van der Waals surface area contributed by atoms with Gasteiger partial charge in [0.25, 0.3) is 0 Å². The van der Waals surface area contributed by atoms with Crippen molar-refractivity contribution in [1.29, 1.82) is 0 Å². The van der Waals surface area contributed by atoms with Crippen LogP contribution >= 0.6 is 11.6 Å². The normalized spacial score (nSPS) is 24.8. The number of anilines is 1. The van der Waals surface area contributed by atoms with Crippen LogP contribution in [0.4, 0.5) is 5.69 Å². The van der Waals surface area contributed by atoms with Crippen molar-refractivity contribution in [2.75, 3.05) is 18.1 Å². The van der Waals surface area contributed by atoms with E-state index in [4.69, 9.17) is 16.4 Å². The Kier molecular flexibility index (Phi) is 4.51. The highest BCUT2D eigenvalue weighted by molar-refractivity contribution is 6.30. The number of carbonyl (C=O) groups is 1. The van der Waals surface area contributed by atoms with E-state index < -0.39 is 11.6 Å². The van der Waals surface area contributed by atoms with Crippen molar-refractivity contribution in [3.05, 3.63) is 59.1 Å². The van der Waals surface area contributed by atoms with E-state index in [1.807, 2.05) is 0 Å². The molecule has 3 N–H and O–H groups in total. The molecule has 1 saturated heterocycles. The first-order valence-corrected chi connectivity index (χ1v) is 8.85. The van der Waals surface area contributed by atoms with Crippen LogP contribution in [0.5, 0.6) is 5.75 Å². The summed E-state index contributed by atoms with van der Waals surface area (Å²) in [6.07, 6.45) is -0.377. The molecule has 2 unspecified atom stereocenters. The van der Waals surface area contributed by atoms with Crippen LogP contribution in [0, 0.1) is 5.41 Å². The summed E-state index contributed by atoms with van der Waals surface area (Å²) in [6, 6.07) is 13.6. The number of amides is 1. The Bertz CT molecular complexity index is 885. The van der Waals surface area contributed by atoms with E-state index in [-0.39, 0.29) is 31.2 Å². The molecule has 8 heteroatoms. The lowest BCUT2D eigenvalue weighted by molar-refractivity contribution is -0.117. The van der Waals surface area contributed by atoms with Crippen LogP contribution in [0.25, 0.3) is 0 Å². The monoisotopic (exact) mass is 387 g/mol. The molecule has 2 aliphatic rings. The van der Waals surface area contributed by atoms with Crippen molar-refractivity contribution in [3.8, 4) is 5.75 Å². The first kappa shape index (κ1) is 17.8. The summed E-state index contributed by atoms with van der Waals surface area (Å²) in [5.74, 6) is 0.340. The molecule has 2 heterocycles. The number of aliphatic hydroxyl groups is 1. The number of benzene rings is 2. The van der Waals surface area contributed by atoms with Crippen molar-refractivity contribution in [2.24, 2.45) is 10.4 Å². The van der Waals surface area contributed by atoms with Gasteiger partial charge in [0.1, 0.15) is 5.75 Å². The molecule has 27 heavy (non-hydrogen) atoms. The Hall–Kier alpha value is -2.61. The van der Waals surface area contributed by atoms with Gasteiger partial charge in [-0.2, -0.15) is 0 Å². The second kappa shape index (κ2) is 6.84. The van der Waals surface area contributed by atoms with Gasteiger partial charge in [-0.1, -0.05) is 23.7 Å². The van der Waals surface area contributed by atoms with E-state index in [1.54, 1.807) is 53.4 Å². The lowest BCUT2D eigenvalue weighted by Gasteiger charge is -2.24. The Morgan fingerprint density at radius 2 is 1.93 bits per heavy atom. The first-order chi connectivity index (χ1) is 13.0. The highest BCUT2D eigenvalue weighted by Gasteiger charge is 2.50. The zero-order chi connectivity index (χ0) is 19.0. The topological polar surface area (TPSA) is 94.4 Å². The van der Waals surface area contributed by atoms with Crippen molar-refractivity contribution in [2.45, 2.75) is 12.6 Å². The number of phenols is 1. The smallest absolute Gasteiger partial charge is 0.228 e. The first-order valence-electron chi connectivity index (χ1n) is 8.47. The molecule has 0 saturated carbocycles. The zero-order valence-corrected chi connectivity index (χ0v) is 15.1. The average Bonchev–Trinajstić information content (AvgIpc) is 3.29. The lowest BCUT2D eigenvalue weighted by atomic mass is 9.87. The number of hydrogen-bond acceptors (Lipinski definition) is 6. The van der Waals surface area contributed by atoms with Gasteiger partial charge in [-0.25, -0.2) is 4.99 Å². The second-order valence-corrected chi connectivity index (χ2v) is 7.16. The molecule has 0 radical (unpaired) electrons. The molecule has 0 spiro atoms. The average molecular weight is 388 g/mol. The highest BCUT2D eigenvalue weighted by atomic mass is 35.5.